The van der Waals surface area contributed by atoms with Gasteiger partial charge in [0.2, 0.25) is 0 Å². The summed E-state index contributed by atoms with van der Waals surface area (Å²) >= 11 is 0. The zero-order valence-corrected chi connectivity index (χ0v) is 9.99. The van der Waals surface area contributed by atoms with Gasteiger partial charge in [0.1, 0.15) is 17.5 Å². The minimum Gasteiger partial charge on any atom is -0.384 e. The van der Waals surface area contributed by atoms with Crippen molar-refractivity contribution in [3.63, 3.8) is 0 Å². The lowest BCUT2D eigenvalue weighted by atomic mass is 10.4. The number of nitrogens with one attached hydrogen (secondary N) is 1. The van der Waals surface area contributed by atoms with Crippen molar-refractivity contribution in [2.75, 3.05) is 30.8 Å². The molecule has 5 nitrogen and oxygen atoms in total. The standard InChI is InChI=1S/C11H20N4O/c1-3-6-16-7-4-5-13-11-8-10(12)14-9(2)15-11/h8H,3-7H2,1-2H3,(H3,12,13,14,15). The molecule has 0 aromatic carbocycles. The molecule has 0 bridgehead atoms. The number of rotatable bonds is 7. The third kappa shape index (κ3) is 4.93. The summed E-state index contributed by atoms with van der Waals surface area (Å²) in [7, 11) is 0. The van der Waals surface area contributed by atoms with Crippen molar-refractivity contribution in [2.24, 2.45) is 0 Å². The van der Waals surface area contributed by atoms with E-state index in [1.54, 1.807) is 6.07 Å². The Labute approximate surface area is 96.4 Å². The highest BCUT2D eigenvalue weighted by molar-refractivity contribution is 5.44. The van der Waals surface area contributed by atoms with Crippen molar-refractivity contribution in [3.8, 4) is 0 Å². The molecule has 5 heteroatoms. The van der Waals surface area contributed by atoms with Crippen molar-refractivity contribution in [1.82, 2.24) is 9.97 Å². The number of nitrogens with two attached hydrogens (primary N) is 1. The molecule has 0 saturated carbocycles. The first-order valence-corrected chi connectivity index (χ1v) is 5.65. The van der Waals surface area contributed by atoms with E-state index in [9.17, 15) is 0 Å². The maximum absolute atomic E-state index is 5.61. The van der Waals surface area contributed by atoms with Crippen LogP contribution in [0.3, 0.4) is 0 Å². The first-order valence-electron chi connectivity index (χ1n) is 5.65. The van der Waals surface area contributed by atoms with Crippen molar-refractivity contribution < 1.29 is 4.74 Å². The summed E-state index contributed by atoms with van der Waals surface area (Å²) in [5.41, 5.74) is 5.61. The van der Waals surface area contributed by atoms with Crippen LogP contribution in [0.1, 0.15) is 25.6 Å². The molecule has 16 heavy (non-hydrogen) atoms. The van der Waals surface area contributed by atoms with Crippen LogP contribution in [0.15, 0.2) is 6.07 Å². The minimum absolute atomic E-state index is 0.497. The van der Waals surface area contributed by atoms with E-state index in [0.29, 0.717) is 11.6 Å². The molecule has 1 rings (SSSR count). The minimum atomic E-state index is 0.497. The zero-order chi connectivity index (χ0) is 11.8. The lowest BCUT2D eigenvalue weighted by molar-refractivity contribution is 0.134. The molecule has 0 unspecified atom stereocenters. The first kappa shape index (κ1) is 12.7. The molecule has 0 amide bonds. The summed E-state index contributed by atoms with van der Waals surface area (Å²) < 4.78 is 5.37. The molecule has 1 aromatic rings. The third-order valence-electron chi connectivity index (χ3n) is 1.98. The van der Waals surface area contributed by atoms with Crippen LogP contribution < -0.4 is 11.1 Å². The Morgan fingerprint density at radius 3 is 2.88 bits per heavy atom. The van der Waals surface area contributed by atoms with E-state index in [0.717, 1.165) is 38.4 Å². The Kier molecular flexibility index (Phi) is 5.56. The van der Waals surface area contributed by atoms with Gasteiger partial charge in [-0.05, 0) is 19.8 Å². The summed E-state index contributed by atoms with van der Waals surface area (Å²) in [4.78, 5) is 8.23. The fraction of sp³-hybridized carbons (Fsp3) is 0.636. The number of ether oxygens (including phenoxy) is 1. The second kappa shape index (κ2) is 7.00. The van der Waals surface area contributed by atoms with E-state index < -0.39 is 0 Å². The molecule has 0 spiro atoms. The Morgan fingerprint density at radius 2 is 2.19 bits per heavy atom. The fourth-order valence-electron chi connectivity index (χ4n) is 1.32. The summed E-state index contributed by atoms with van der Waals surface area (Å²) in [6, 6.07) is 1.74. The van der Waals surface area contributed by atoms with Gasteiger partial charge in [-0.15, -0.1) is 0 Å². The number of aryl methyl sites for hydroxylation is 1. The summed E-state index contributed by atoms with van der Waals surface area (Å²) in [5.74, 6) is 1.96. The van der Waals surface area contributed by atoms with E-state index in [-0.39, 0.29) is 0 Å². The lowest BCUT2D eigenvalue weighted by Gasteiger charge is -2.07. The quantitative estimate of drug-likeness (QED) is 0.688. The molecule has 0 aliphatic heterocycles. The molecular formula is C11H20N4O. The maximum Gasteiger partial charge on any atom is 0.131 e. The molecule has 0 radical (unpaired) electrons. The highest BCUT2D eigenvalue weighted by atomic mass is 16.5. The maximum atomic E-state index is 5.61. The van der Waals surface area contributed by atoms with Crippen LogP contribution in [0, 0.1) is 6.92 Å². The number of hydrogen-bond acceptors (Lipinski definition) is 5. The monoisotopic (exact) mass is 224 g/mol. The lowest BCUT2D eigenvalue weighted by Crippen LogP contribution is -2.08. The average Bonchev–Trinajstić information content (AvgIpc) is 2.22. The van der Waals surface area contributed by atoms with Crippen LogP contribution in [0.25, 0.3) is 0 Å². The molecule has 0 aliphatic rings. The van der Waals surface area contributed by atoms with Crippen molar-refractivity contribution in [1.29, 1.82) is 0 Å². The van der Waals surface area contributed by atoms with Gasteiger partial charge >= 0.3 is 0 Å². The zero-order valence-electron chi connectivity index (χ0n) is 9.99. The normalized spacial score (nSPS) is 10.4. The highest BCUT2D eigenvalue weighted by Gasteiger charge is 1.97. The summed E-state index contributed by atoms with van der Waals surface area (Å²) in [6.07, 6.45) is 2.03. The Bertz CT molecular complexity index is 297. The van der Waals surface area contributed by atoms with Gasteiger partial charge in [-0.25, -0.2) is 9.97 Å². The van der Waals surface area contributed by atoms with Gasteiger partial charge in [0.25, 0.3) is 0 Å². The Hall–Kier alpha value is -1.36. The van der Waals surface area contributed by atoms with Crippen LogP contribution in [0.5, 0.6) is 0 Å². The van der Waals surface area contributed by atoms with Crippen LogP contribution in [0.4, 0.5) is 11.6 Å². The number of nitrogens with zero attached hydrogens (tertiary/aromatic N) is 2. The number of aromatic nitrogens is 2. The van der Waals surface area contributed by atoms with E-state index in [2.05, 4.69) is 22.2 Å². The van der Waals surface area contributed by atoms with E-state index in [1.165, 1.54) is 0 Å². The molecule has 0 fully saturated rings. The van der Waals surface area contributed by atoms with Crippen LogP contribution in [0.2, 0.25) is 0 Å². The predicted octanol–water partition coefficient (Wildman–Crippen LogP) is 1.60. The first-order chi connectivity index (χ1) is 7.72. The molecule has 1 aromatic heterocycles. The summed E-state index contributed by atoms with van der Waals surface area (Å²) in [6.45, 7) is 6.37. The smallest absolute Gasteiger partial charge is 0.131 e. The van der Waals surface area contributed by atoms with Crippen LogP contribution >= 0.6 is 0 Å². The molecule has 1 heterocycles. The van der Waals surface area contributed by atoms with Crippen molar-refractivity contribution in [3.05, 3.63) is 11.9 Å². The van der Waals surface area contributed by atoms with Gasteiger partial charge in [-0.3, -0.25) is 0 Å². The number of hydrogen-bond donors (Lipinski definition) is 2. The highest BCUT2D eigenvalue weighted by Crippen LogP contribution is 2.07. The molecule has 0 saturated heterocycles. The number of anilines is 2. The molecule has 0 atom stereocenters. The second-order valence-electron chi connectivity index (χ2n) is 3.62. The third-order valence-corrected chi connectivity index (χ3v) is 1.98. The van der Waals surface area contributed by atoms with Crippen LogP contribution in [-0.4, -0.2) is 29.7 Å². The molecule has 0 aliphatic carbocycles. The average molecular weight is 224 g/mol. The topological polar surface area (TPSA) is 73.1 Å². The predicted molar refractivity (Wildman–Crippen MR) is 65.4 cm³/mol. The Morgan fingerprint density at radius 1 is 1.38 bits per heavy atom. The van der Waals surface area contributed by atoms with Crippen molar-refractivity contribution >= 4 is 11.6 Å². The molecular weight excluding hydrogens is 204 g/mol. The fourth-order valence-corrected chi connectivity index (χ4v) is 1.32. The SMILES string of the molecule is CCCOCCCNc1cc(N)nc(C)n1. The van der Waals surface area contributed by atoms with Gasteiger partial charge < -0.3 is 15.8 Å². The molecule has 90 valence electrons. The van der Waals surface area contributed by atoms with E-state index in [1.807, 2.05) is 6.92 Å². The molecule has 3 N–H and O–H groups in total. The van der Waals surface area contributed by atoms with Gasteiger partial charge in [0.05, 0.1) is 0 Å². The van der Waals surface area contributed by atoms with Crippen LogP contribution in [-0.2, 0) is 4.74 Å². The van der Waals surface area contributed by atoms with Gasteiger partial charge in [0.15, 0.2) is 0 Å². The van der Waals surface area contributed by atoms with E-state index in [4.69, 9.17) is 10.5 Å². The summed E-state index contributed by atoms with van der Waals surface area (Å²) in [5, 5.41) is 3.19. The van der Waals surface area contributed by atoms with Crippen molar-refractivity contribution in [2.45, 2.75) is 26.7 Å². The largest absolute Gasteiger partial charge is 0.384 e. The van der Waals surface area contributed by atoms with Gasteiger partial charge in [-0.2, -0.15) is 0 Å². The second-order valence-corrected chi connectivity index (χ2v) is 3.62. The van der Waals surface area contributed by atoms with Gasteiger partial charge in [-0.1, -0.05) is 6.92 Å². The number of nitrogen functional groups attached to an aromatic ring is 1. The Balaban J connectivity index is 2.21. The van der Waals surface area contributed by atoms with Gasteiger partial charge in [0, 0.05) is 25.8 Å². The van der Waals surface area contributed by atoms with E-state index >= 15 is 0 Å².